The summed E-state index contributed by atoms with van der Waals surface area (Å²) in [6.45, 7) is 0.904. The van der Waals surface area contributed by atoms with Crippen molar-refractivity contribution in [1.29, 1.82) is 0 Å². The van der Waals surface area contributed by atoms with Crippen LogP contribution in [0.2, 0.25) is 0 Å². The van der Waals surface area contributed by atoms with Crippen LogP contribution in [0.25, 0.3) is 0 Å². The van der Waals surface area contributed by atoms with E-state index in [9.17, 15) is 0 Å². The maximum atomic E-state index is 6.00. The Morgan fingerprint density at radius 3 is 2.48 bits per heavy atom. The molecule has 0 saturated heterocycles. The molecule has 0 unspecified atom stereocenters. The number of hydrogen-bond donors (Lipinski definition) is 2. The molecule has 6 nitrogen and oxygen atoms in total. The summed E-state index contributed by atoms with van der Waals surface area (Å²) in [7, 11) is 4.89. The summed E-state index contributed by atoms with van der Waals surface area (Å²) in [6.07, 6.45) is 0. The molecule has 0 saturated carbocycles. The predicted octanol–water partition coefficient (Wildman–Crippen LogP) is 3.40. The topological polar surface area (TPSA) is 78.1 Å². The van der Waals surface area contributed by atoms with Crippen LogP contribution >= 0.6 is 24.0 Å². The van der Waals surface area contributed by atoms with E-state index in [4.69, 9.17) is 19.9 Å². The average Bonchev–Trinajstić information content (AvgIpc) is 2.61. The number of guanidine groups is 1. The van der Waals surface area contributed by atoms with Crippen molar-refractivity contribution in [1.82, 2.24) is 0 Å². The monoisotopic (exact) mass is 457 g/mol. The lowest BCUT2D eigenvalue weighted by Gasteiger charge is -2.12. The zero-order valence-electron chi connectivity index (χ0n) is 14.6. The first-order valence-corrected chi connectivity index (χ1v) is 7.52. The first kappa shape index (κ1) is 21.0. The highest BCUT2D eigenvalue weighted by Crippen LogP contribution is 2.25. The van der Waals surface area contributed by atoms with E-state index in [0.717, 1.165) is 22.6 Å². The van der Waals surface area contributed by atoms with E-state index in [1.807, 2.05) is 42.5 Å². The Labute approximate surface area is 165 Å². The molecule has 0 aliphatic rings. The van der Waals surface area contributed by atoms with Crippen molar-refractivity contribution in [3.05, 3.63) is 53.6 Å². The third kappa shape index (κ3) is 6.09. The van der Waals surface area contributed by atoms with Crippen molar-refractivity contribution in [3.8, 4) is 11.5 Å². The van der Waals surface area contributed by atoms with Crippen molar-refractivity contribution in [3.63, 3.8) is 0 Å². The van der Waals surface area contributed by atoms with E-state index in [1.165, 1.54) is 0 Å². The second-order valence-corrected chi connectivity index (χ2v) is 5.09. The molecule has 25 heavy (non-hydrogen) atoms. The molecule has 0 spiro atoms. The molecule has 7 heteroatoms. The largest absolute Gasteiger partial charge is 0.497 e. The number of halogens is 1. The normalized spacial score (nSPS) is 10.8. The van der Waals surface area contributed by atoms with Crippen LogP contribution in [0.3, 0.4) is 0 Å². The summed E-state index contributed by atoms with van der Waals surface area (Å²) in [5.41, 5.74) is 8.81. The van der Waals surface area contributed by atoms with Crippen LogP contribution in [0.1, 0.15) is 11.1 Å². The molecule has 136 valence electrons. The van der Waals surface area contributed by atoms with Gasteiger partial charge in [-0.25, -0.2) is 4.99 Å². The molecule has 2 aromatic rings. The number of ether oxygens (including phenoxy) is 3. The maximum Gasteiger partial charge on any atom is 0.193 e. The first-order chi connectivity index (χ1) is 11.7. The molecule has 2 rings (SSSR count). The molecule has 0 aliphatic carbocycles. The van der Waals surface area contributed by atoms with Crippen LogP contribution in [0.15, 0.2) is 47.5 Å². The van der Waals surface area contributed by atoms with Crippen molar-refractivity contribution in [2.24, 2.45) is 10.7 Å². The summed E-state index contributed by atoms with van der Waals surface area (Å²) < 4.78 is 15.7. The number of aliphatic imine (C=N–C) groups is 1. The lowest BCUT2D eigenvalue weighted by atomic mass is 10.2. The third-order valence-corrected chi connectivity index (χ3v) is 3.49. The predicted molar refractivity (Wildman–Crippen MR) is 111 cm³/mol. The van der Waals surface area contributed by atoms with Crippen molar-refractivity contribution < 1.29 is 14.2 Å². The second-order valence-electron chi connectivity index (χ2n) is 5.09. The van der Waals surface area contributed by atoms with Gasteiger partial charge >= 0.3 is 0 Å². The highest BCUT2D eigenvalue weighted by atomic mass is 127. The van der Waals surface area contributed by atoms with Gasteiger partial charge in [-0.3, -0.25) is 0 Å². The molecule has 0 fully saturated rings. The summed E-state index contributed by atoms with van der Waals surface area (Å²) in [5.74, 6) is 1.78. The van der Waals surface area contributed by atoms with Crippen molar-refractivity contribution in [2.75, 3.05) is 26.6 Å². The van der Waals surface area contributed by atoms with E-state index in [-0.39, 0.29) is 24.0 Å². The fraction of sp³-hybridized carbons (Fsp3) is 0.278. The van der Waals surface area contributed by atoms with Gasteiger partial charge in [0.2, 0.25) is 0 Å². The molecule has 0 aliphatic heterocycles. The number of rotatable bonds is 7. The van der Waals surface area contributed by atoms with Gasteiger partial charge in [0, 0.05) is 30.0 Å². The molecular formula is C18H24IN3O3. The lowest BCUT2D eigenvalue weighted by molar-refractivity contribution is 0.185. The van der Waals surface area contributed by atoms with Gasteiger partial charge in [0.1, 0.15) is 11.5 Å². The molecule has 0 atom stereocenters. The quantitative estimate of drug-likeness (QED) is 0.379. The highest BCUT2D eigenvalue weighted by molar-refractivity contribution is 14.0. The van der Waals surface area contributed by atoms with Gasteiger partial charge in [0.25, 0.3) is 0 Å². The summed E-state index contributed by atoms with van der Waals surface area (Å²) in [5, 5.41) is 3.11. The number of hydrogen-bond acceptors (Lipinski definition) is 4. The molecule has 0 amide bonds. The molecule has 0 bridgehead atoms. The first-order valence-electron chi connectivity index (χ1n) is 7.52. The van der Waals surface area contributed by atoms with Gasteiger partial charge in [-0.05, 0) is 18.2 Å². The highest BCUT2D eigenvalue weighted by Gasteiger charge is 2.06. The zero-order valence-corrected chi connectivity index (χ0v) is 16.9. The summed E-state index contributed by atoms with van der Waals surface area (Å²) in [4.78, 5) is 4.38. The van der Waals surface area contributed by atoms with Crippen LogP contribution in [0.4, 0.5) is 5.69 Å². The molecule has 2 aromatic carbocycles. The number of para-hydroxylation sites is 1. The standard InChI is InChI=1S/C18H23N3O3.HI/c1-22-12-14-6-4-5-7-16(14)21-18(19)20-11-13-8-9-15(23-2)10-17(13)24-3;/h4-10H,11-12H2,1-3H3,(H3,19,20,21);1H. The summed E-state index contributed by atoms with van der Waals surface area (Å²) in [6, 6.07) is 13.4. The Balaban J connectivity index is 0.00000312. The Kier molecular flexibility index (Phi) is 9.07. The minimum atomic E-state index is 0. The third-order valence-electron chi connectivity index (χ3n) is 3.49. The maximum absolute atomic E-state index is 6.00. The SMILES string of the molecule is COCc1ccccc1NC(N)=NCc1ccc(OC)cc1OC.I. The van der Waals surface area contributed by atoms with Crippen LogP contribution in [-0.4, -0.2) is 27.3 Å². The van der Waals surface area contributed by atoms with Gasteiger partial charge in [-0.15, -0.1) is 24.0 Å². The van der Waals surface area contributed by atoms with Crippen LogP contribution in [0.5, 0.6) is 11.5 Å². The Bertz CT molecular complexity index is 708. The van der Waals surface area contributed by atoms with Gasteiger partial charge in [0.05, 0.1) is 27.4 Å². The van der Waals surface area contributed by atoms with Gasteiger partial charge in [-0.1, -0.05) is 18.2 Å². The van der Waals surface area contributed by atoms with Gasteiger partial charge in [-0.2, -0.15) is 0 Å². The minimum Gasteiger partial charge on any atom is -0.497 e. The van der Waals surface area contributed by atoms with Gasteiger partial charge < -0.3 is 25.3 Å². The average molecular weight is 457 g/mol. The van der Waals surface area contributed by atoms with E-state index in [1.54, 1.807) is 21.3 Å². The Morgan fingerprint density at radius 2 is 1.80 bits per heavy atom. The van der Waals surface area contributed by atoms with Crippen LogP contribution < -0.4 is 20.5 Å². The number of methoxy groups -OCH3 is 3. The Hall–Kier alpha value is -2.00. The van der Waals surface area contributed by atoms with E-state index < -0.39 is 0 Å². The fourth-order valence-corrected chi connectivity index (χ4v) is 2.25. The Morgan fingerprint density at radius 1 is 1.04 bits per heavy atom. The lowest BCUT2D eigenvalue weighted by Crippen LogP contribution is -2.23. The number of nitrogens with two attached hydrogens (primary N) is 1. The number of benzene rings is 2. The van der Waals surface area contributed by atoms with E-state index in [0.29, 0.717) is 24.9 Å². The van der Waals surface area contributed by atoms with Crippen molar-refractivity contribution in [2.45, 2.75) is 13.2 Å². The number of anilines is 1. The minimum absolute atomic E-state index is 0. The van der Waals surface area contributed by atoms with E-state index >= 15 is 0 Å². The van der Waals surface area contributed by atoms with Crippen molar-refractivity contribution >= 4 is 35.6 Å². The van der Waals surface area contributed by atoms with Crippen LogP contribution in [-0.2, 0) is 17.9 Å². The molecule has 0 aromatic heterocycles. The zero-order chi connectivity index (χ0) is 17.4. The smallest absolute Gasteiger partial charge is 0.193 e. The second kappa shape index (κ2) is 10.8. The fourth-order valence-electron chi connectivity index (χ4n) is 2.25. The number of nitrogens with zero attached hydrogens (tertiary/aromatic N) is 1. The molecule has 0 heterocycles. The van der Waals surface area contributed by atoms with E-state index in [2.05, 4.69) is 10.3 Å². The number of nitrogens with one attached hydrogen (secondary N) is 1. The van der Waals surface area contributed by atoms with Gasteiger partial charge in [0.15, 0.2) is 5.96 Å². The molecular weight excluding hydrogens is 433 g/mol. The van der Waals surface area contributed by atoms with Crippen LogP contribution in [0, 0.1) is 0 Å². The summed E-state index contributed by atoms with van der Waals surface area (Å²) >= 11 is 0. The molecule has 3 N–H and O–H groups in total. The molecule has 0 radical (unpaired) electrons.